The van der Waals surface area contributed by atoms with Crippen LogP contribution in [0.3, 0.4) is 0 Å². The van der Waals surface area contributed by atoms with Crippen molar-refractivity contribution in [3.8, 4) is 0 Å². The molecule has 38 heavy (non-hydrogen) atoms. The third kappa shape index (κ3) is 4.98. The molecule has 0 spiro atoms. The van der Waals surface area contributed by atoms with E-state index in [0.717, 1.165) is 34.8 Å². The first kappa shape index (κ1) is 25.8. The number of ether oxygens (including phenoxy) is 1. The summed E-state index contributed by atoms with van der Waals surface area (Å²) in [5.74, 6) is 3.08. The Bertz CT molecular complexity index is 1050. The Morgan fingerprint density at radius 3 is 2.45 bits per heavy atom. The molecule has 4 bridgehead atoms. The molecule has 1 aromatic heterocycles. The van der Waals surface area contributed by atoms with Crippen molar-refractivity contribution in [1.82, 2.24) is 19.8 Å². The number of nitrogens with one attached hydrogen (secondary N) is 1. The van der Waals surface area contributed by atoms with Gasteiger partial charge in [-0.2, -0.15) is 0 Å². The van der Waals surface area contributed by atoms with Gasteiger partial charge < -0.3 is 25.0 Å². The van der Waals surface area contributed by atoms with E-state index in [0.29, 0.717) is 45.6 Å². The highest BCUT2D eigenvalue weighted by atomic mass is 16.6. The van der Waals surface area contributed by atoms with Crippen molar-refractivity contribution in [3.05, 3.63) is 17.6 Å². The average molecular weight is 526 g/mol. The topological polar surface area (TPSA) is 108 Å². The standard InChI is InChI=1S/C29H43N5O4/c1-28(2,3)38-27(37)34-6-4-21(15-34)26(36)33-7-5-22-23(16-33)31-17-32-25(22)30-14-24(35)29-11-18-8-19(12-29)10-20(9-18)13-29/h17-21,24,35H,4-16H2,1-3H3,(H,30,31,32)/t18?,19?,20?,21-,24?,29?/m0/s1. The van der Waals surface area contributed by atoms with E-state index in [-0.39, 0.29) is 29.4 Å². The summed E-state index contributed by atoms with van der Waals surface area (Å²) < 4.78 is 5.48. The molecule has 0 aromatic carbocycles. The Morgan fingerprint density at radius 1 is 1.11 bits per heavy atom. The Morgan fingerprint density at radius 2 is 1.79 bits per heavy atom. The van der Waals surface area contributed by atoms with E-state index in [4.69, 9.17) is 4.74 Å². The highest BCUT2D eigenvalue weighted by molar-refractivity contribution is 5.81. The number of fused-ring (bicyclic) bond motifs is 1. The summed E-state index contributed by atoms with van der Waals surface area (Å²) in [4.78, 5) is 38.3. The summed E-state index contributed by atoms with van der Waals surface area (Å²) >= 11 is 0. The second kappa shape index (κ2) is 9.65. The van der Waals surface area contributed by atoms with Crippen LogP contribution in [0.1, 0.15) is 77.0 Å². The maximum Gasteiger partial charge on any atom is 0.410 e. The molecule has 6 aliphatic rings. The normalized spacial score (nSPS) is 32.7. The number of rotatable bonds is 5. The van der Waals surface area contributed by atoms with Crippen molar-refractivity contribution in [2.45, 2.75) is 90.4 Å². The molecule has 0 radical (unpaired) electrons. The predicted molar refractivity (Wildman–Crippen MR) is 142 cm³/mol. The summed E-state index contributed by atoms with van der Waals surface area (Å²) in [5, 5.41) is 14.8. The number of aromatic nitrogens is 2. The number of nitrogens with zero attached hydrogens (tertiary/aromatic N) is 4. The van der Waals surface area contributed by atoms with E-state index in [1.165, 1.54) is 38.5 Å². The smallest absolute Gasteiger partial charge is 0.410 e. The SMILES string of the molecule is CC(C)(C)OC(=O)N1CC[C@H](C(=O)N2CCc3c(ncnc3NCC(O)C34CC5CC(CC(C5)C3)C4)C2)C1. The molecule has 1 aromatic rings. The van der Waals surface area contributed by atoms with Crippen molar-refractivity contribution in [2.75, 3.05) is 31.5 Å². The maximum absolute atomic E-state index is 13.3. The summed E-state index contributed by atoms with van der Waals surface area (Å²) in [5.41, 5.74) is 1.45. The molecule has 1 unspecified atom stereocenters. The fourth-order valence-electron chi connectivity index (χ4n) is 8.40. The van der Waals surface area contributed by atoms with Gasteiger partial charge in [-0.05, 0) is 95.3 Å². The molecule has 5 fully saturated rings. The minimum atomic E-state index is -0.549. The lowest BCUT2D eigenvalue weighted by Crippen LogP contribution is -2.53. The lowest BCUT2D eigenvalue weighted by molar-refractivity contribution is -0.136. The number of carbonyl (C=O) groups excluding carboxylic acids is 2. The number of aliphatic hydroxyl groups excluding tert-OH is 1. The Hall–Kier alpha value is -2.42. The first-order chi connectivity index (χ1) is 18.1. The summed E-state index contributed by atoms with van der Waals surface area (Å²) in [7, 11) is 0. The molecule has 9 heteroatoms. The molecule has 2 amide bonds. The number of carbonyl (C=O) groups is 2. The van der Waals surface area contributed by atoms with Gasteiger partial charge in [0.1, 0.15) is 17.7 Å². The number of anilines is 1. The third-order valence-electron chi connectivity index (χ3n) is 9.76. The van der Waals surface area contributed by atoms with Gasteiger partial charge in [0, 0.05) is 31.7 Å². The fraction of sp³-hybridized carbons (Fsp3) is 0.793. The van der Waals surface area contributed by atoms with Crippen LogP contribution in [0.2, 0.25) is 0 Å². The van der Waals surface area contributed by atoms with E-state index in [9.17, 15) is 14.7 Å². The average Bonchev–Trinajstić information content (AvgIpc) is 3.35. The van der Waals surface area contributed by atoms with Crippen LogP contribution in [-0.4, -0.2) is 74.8 Å². The van der Waals surface area contributed by atoms with Crippen molar-refractivity contribution in [2.24, 2.45) is 29.1 Å². The second-order valence-electron chi connectivity index (χ2n) is 13.7. The Kier molecular flexibility index (Phi) is 6.56. The van der Waals surface area contributed by atoms with E-state index < -0.39 is 5.60 Å². The highest BCUT2D eigenvalue weighted by Crippen LogP contribution is 2.61. The van der Waals surface area contributed by atoms with Gasteiger partial charge in [-0.25, -0.2) is 14.8 Å². The molecule has 3 heterocycles. The lowest BCUT2D eigenvalue weighted by Gasteiger charge is -2.58. The molecule has 9 nitrogen and oxygen atoms in total. The number of amides is 2. The zero-order chi connectivity index (χ0) is 26.7. The third-order valence-corrected chi connectivity index (χ3v) is 9.76. The Labute approximate surface area is 225 Å². The van der Waals surface area contributed by atoms with Crippen LogP contribution in [0.15, 0.2) is 6.33 Å². The molecular formula is C29H43N5O4. The second-order valence-corrected chi connectivity index (χ2v) is 13.7. The number of hydrogen-bond acceptors (Lipinski definition) is 7. The van der Waals surface area contributed by atoms with Gasteiger partial charge in [0.25, 0.3) is 0 Å². The quantitative estimate of drug-likeness (QED) is 0.605. The van der Waals surface area contributed by atoms with E-state index in [2.05, 4.69) is 15.3 Å². The first-order valence-corrected chi connectivity index (χ1v) is 14.6. The van der Waals surface area contributed by atoms with Gasteiger partial charge >= 0.3 is 6.09 Å². The van der Waals surface area contributed by atoms with Crippen LogP contribution in [0.5, 0.6) is 0 Å². The molecule has 4 saturated carbocycles. The highest BCUT2D eigenvalue weighted by Gasteiger charge is 2.53. The van der Waals surface area contributed by atoms with Crippen LogP contribution in [-0.2, 0) is 22.5 Å². The summed E-state index contributed by atoms with van der Waals surface area (Å²) in [6.07, 6.45) is 9.81. The van der Waals surface area contributed by atoms with E-state index in [1.807, 2.05) is 25.7 Å². The van der Waals surface area contributed by atoms with E-state index in [1.54, 1.807) is 11.2 Å². The zero-order valence-corrected chi connectivity index (χ0v) is 23.1. The maximum atomic E-state index is 13.3. The molecule has 2 N–H and O–H groups in total. The minimum Gasteiger partial charge on any atom is -0.444 e. The van der Waals surface area contributed by atoms with Crippen LogP contribution in [0.4, 0.5) is 10.6 Å². The lowest BCUT2D eigenvalue weighted by atomic mass is 9.48. The molecule has 208 valence electrons. The number of hydrogen-bond donors (Lipinski definition) is 2. The Balaban J connectivity index is 1.06. The van der Waals surface area contributed by atoms with Gasteiger partial charge in [-0.3, -0.25) is 4.79 Å². The monoisotopic (exact) mass is 525 g/mol. The van der Waals surface area contributed by atoms with Crippen LogP contribution in [0.25, 0.3) is 0 Å². The first-order valence-electron chi connectivity index (χ1n) is 14.6. The van der Waals surface area contributed by atoms with Gasteiger partial charge in [0.05, 0.1) is 24.3 Å². The van der Waals surface area contributed by atoms with Crippen LogP contribution < -0.4 is 5.32 Å². The van der Waals surface area contributed by atoms with Gasteiger partial charge in [0.2, 0.25) is 5.91 Å². The number of aliphatic hydroxyl groups is 1. The molecular weight excluding hydrogens is 482 g/mol. The van der Waals surface area contributed by atoms with Crippen molar-refractivity contribution in [3.63, 3.8) is 0 Å². The van der Waals surface area contributed by atoms with Crippen molar-refractivity contribution >= 4 is 17.8 Å². The van der Waals surface area contributed by atoms with Gasteiger partial charge in [-0.1, -0.05) is 0 Å². The summed E-state index contributed by atoms with van der Waals surface area (Å²) in [6.45, 7) is 8.06. The van der Waals surface area contributed by atoms with E-state index >= 15 is 0 Å². The fourth-order valence-corrected chi connectivity index (χ4v) is 8.40. The van der Waals surface area contributed by atoms with Gasteiger partial charge in [0.15, 0.2) is 0 Å². The van der Waals surface area contributed by atoms with Crippen LogP contribution in [0, 0.1) is 29.1 Å². The predicted octanol–water partition coefficient (Wildman–Crippen LogP) is 3.61. The molecule has 4 aliphatic carbocycles. The zero-order valence-electron chi connectivity index (χ0n) is 23.1. The molecule has 2 atom stereocenters. The van der Waals surface area contributed by atoms with Crippen molar-refractivity contribution < 1.29 is 19.4 Å². The van der Waals surface area contributed by atoms with Gasteiger partial charge in [-0.15, -0.1) is 0 Å². The molecule has 1 saturated heterocycles. The molecule has 2 aliphatic heterocycles. The van der Waals surface area contributed by atoms with Crippen LogP contribution >= 0.6 is 0 Å². The van der Waals surface area contributed by atoms with Crippen molar-refractivity contribution in [1.29, 1.82) is 0 Å². The number of likely N-dealkylation sites (tertiary alicyclic amines) is 1. The minimum absolute atomic E-state index is 0.0759. The largest absolute Gasteiger partial charge is 0.444 e. The summed E-state index contributed by atoms with van der Waals surface area (Å²) in [6, 6.07) is 0. The molecule has 7 rings (SSSR count).